The lowest BCUT2D eigenvalue weighted by Gasteiger charge is -2.50. The van der Waals surface area contributed by atoms with Crippen LogP contribution in [0.4, 0.5) is 45.2 Å². The van der Waals surface area contributed by atoms with Crippen molar-refractivity contribution in [1.82, 2.24) is 4.90 Å². The molecular formula is C30H18BrCl2F9N2O6. The summed E-state index contributed by atoms with van der Waals surface area (Å²) in [5.74, 6) is -12.5. The summed E-state index contributed by atoms with van der Waals surface area (Å²) in [6, 6.07) is 2.42. The van der Waals surface area contributed by atoms with Crippen LogP contribution in [0.1, 0.15) is 35.4 Å². The molecule has 8 nitrogen and oxygen atoms in total. The normalized spacial score (nSPS) is 30.0. The zero-order valence-electron chi connectivity index (χ0n) is 24.4. The zero-order chi connectivity index (χ0) is 37.1. The molecule has 2 aromatic carbocycles. The van der Waals surface area contributed by atoms with E-state index in [0.717, 1.165) is 12.1 Å². The van der Waals surface area contributed by atoms with Crippen LogP contribution in [0, 0.1) is 17.8 Å². The van der Waals surface area contributed by atoms with Crippen LogP contribution in [-0.4, -0.2) is 55.2 Å². The third-order valence-corrected chi connectivity index (χ3v) is 11.3. The SMILES string of the molecule is O=C1C2CC=C3C(CC4(Cl)C(=O)N(CBr)C(=O)C4(Cl)C3c3cc(OC(F)(F)F)ccc3O)C2C(=O)N1c1cc(C(F)(F)F)cc(C(F)(F)F)c1. The number of hydrogen-bond acceptors (Lipinski definition) is 6. The maximum atomic E-state index is 14.1. The average molecular weight is 824 g/mol. The number of benzene rings is 2. The van der Waals surface area contributed by atoms with Crippen molar-refractivity contribution in [3.8, 4) is 11.5 Å². The second-order valence-electron chi connectivity index (χ2n) is 12.0. The smallest absolute Gasteiger partial charge is 0.508 e. The van der Waals surface area contributed by atoms with Gasteiger partial charge in [0.15, 0.2) is 9.75 Å². The molecule has 50 heavy (non-hydrogen) atoms. The monoisotopic (exact) mass is 822 g/mol. The number of rotatable bonds is 4. The summed E-state index contributed by atoms with van der Waals surface area (Å²) >= 11 is 16.9. The lowest BCUT2D eigenvalue weighted by Crippen LogP contribution is -2.60. The molecule has 1 N–H and O–H groups in total. The Bertz CT molecular complexity index is 1850. The first-order valence-corrected chi connectivity index (χ1v) is 16.1. The van der Waals surface area contributed by atoms with Gasteiger partial charge in [-0.2, -0.15) is 26.3 Å². The van der Waals surface area contributed by atoms with Gasteiger partial charge in [-0.3, -0.25) is 24.1 Å². The maximum Gasteiger partial charge on any atom is 0.573 e. The van der Waals surface area contributed by atoms with Crippen molar-refractivity contribution in [2.45, 2.75) is 47.2 Å². The number of amides is 4. The van der Waals surface area contributed by atoms with Gasteiger partial charge in [0.1, 0.15) is 11.5 Å². The molecule has 0 bridgehead atoms. The molecular weight excluding hydrogens is 806 g/mol. The molecule has 268 valence electrons. The number of allylic oxidation sites excluding steroid dienone is 2. The van der Waals surface area contributed by atoms with E-state index in [4.69, 9.17) is 23.2 Å². The van der Waals surface area contributed by atoms with E-state index >= 15 is 0 Å². The quantitative estimate of drug-likeness (QED) is 0.115. The Morgan fingerprint density at radius 2 is 1.46 bits per heavy atom. The molecule has 6 atom stereocenters. The number of carbonyl (C=O) groups is 4. The topological polar surface area (TPSA) is 104 Å². The van der Waals surface area contributed by atoms with E-state index in [1.165, 1.54) is 6.08 Å². The highest BCUT2D eigenvalue weighted by atomic mass is 79.9. The second-order valence-corrected chi connectivity index (χ2v) is 13.8. The number of likely N-dealkylation sites (tertiary alicyclic amines) is 1. The summed E-state index contributed by atoms with van der Waals surface area (Å²) in [6.07, 6.45) is -15.7. The van der Waals surface area contributed by atoms with Crippen molar-refractivity contribution in [2.75, 3.05) is 10.4 Å². The van der Waals surface area contributed by atoms with Crippen LogP contribution < -0.4 is 9.64 Å². The van der Waals surface area contributed by atoms with E-state index in [1.54, 1.807) is 0 Å². The fourth-order valence-corrected chi connectivity index (χ4v) is 8.80. The van der Waals surface area contributed by atoms with Gasteiger partial charge < -0.3 is 9.84 Å². The summed E-state index contributed by atoms with van der Waals surface area (Å²) in [4.78, 5) is 51.0. The minimum absolute atomic E-state index is 0.0439. The highest BCUT2D eigenvalue weighted by Gasteiger charge is 2.76. The number of imide groups is 2. The molecule has 2 saturated heterocycles. The highest BCUT2D eigenvalue weighted by molar-refractivity contribution is 9.09. The van der Waals surface area contributed by atoms with Crippen LogP contribution in [0.5, 0.6) is 11.5 Å². The van der Waals surface area contributed by atoms with E-state index in [0.29, 0.717) is 11.0 Å². The van der Waals surface area contributed by atoms with Gasteiger partial charge in [-0.25, -0.2) is 4.90 Å². The van der Waals surface area contributed by atoms with Gasteiger partial charge in [0.2, 0.25) is 11.8 Å². The van der Waals surface area contributed by atoms with Crippen molar-refractivity contribution < 1.29 is 68.5 Å². The summed E-state index contributed by atoms with van der Waals surface area (Å²) in [7, 11) is 0. The van der Waals surface area contributed by atoms with Crippen molar-refractivity contribution in [3.05, 3.63) is 64.7 Å². The van der Waals surface area contributed by atoms with Gasteiger partial charge in [0.25, 0.3) is 11.8 Å². The van der Waals surface area contributed by atoms with Gasteiger partial charge in [-0.15, -0.1) is 36.4 Å². The van der Waals surface area contributed by atoms with E-state index < -0.39 is 128 Å². The lowest BCUT2D eigenvalue weighted by atomic mass is 9.56. The van der Waals surface area contributed by atoms with Crippen LogP contribution in [-0.2, 0) is 31.5 Å². The molecule has 0 radical (unpaired) electrons. The number of carbonyl (C=O) groups excluding carboxylic acids is 4. The lowest BCUT2D eigenvalue weighted by molar-refractivity contribution is -0.274. The minimum atomic E-state index is -5.32. The number of fused-ring (bicyclic) bond motifs is 4. The first-order chi connectivity index (χ1) is 23.0. The number of phenols is 1. The van der Waals surface area contributed by atoms with Crippen molar-refractivity contribution in [3.63, 3.8) is 0 Å². The van der Waals surface area contributed by atoms with E-state index in [-0.39, 0.29) is 28.7 Å². The second kappa shape index (κ2) is 11.5. The van der Waals surface area contributed by atoms with Crippen LogP contribution >= 0.6 is 39.1 Å². The molecule has 0 spiro atoms. The molecule has 4 aliphatic rings. The molecule has 6 rings (SSSR count). The molecule has 0 aromatic heterocycles. The Labute approximate surface area is 292 Å². The van der Waals surface area contributed by atoms with Gasteiger partial charge in [-0.1, -0.05) is 27.6 Å². The van der Waals surface area contributed by atoms with Crippen molar-refractivity contribution in [1.29, 1.82) is 0 Å². The first kappa shape index (κ1) is 36.3. The van der Waals surface area contributed by atoms with E-state index in [9.17, 15) is 63.8 Å². The summed E-state index contributed by atoms with van der Waals surface area (Å²) in [5.41, 5.74) is -5.66. The molecule has 20 heteroatoms. The van der Waals surface area contributed by atoms with Crippen LogP contribution in [0.2, 0.25) is 0 Å². The Kier molecular flexibility index (Phi) is 8.35. The molecule has 6 unspecified atom stereocenters. The van der Waals surface area contributed by atoms with Gasteiger partial charge >= 0.3 is 18.7 Å². The Balaban J connectivity index is 1.52. The standard InChI is InChI=1S/C30H18BrCl2F9N2O6/c31-10-43-24(48)26(32)9-18-15(21(27(26,33)25(43)49)17-8-14(1-4-19(17)45)50-30(40,41)42)2-3-16-20(18)23(47)44(22(16)46)13-6-11(28(34,35)36)5-12(7-13)29(37,38)39/h1-2,4-8,16,18,20-21,45H,3,9-10H2. The molecule has 2 aliphatic heterocycles. The van der Waals surface area contributed by atoms with Gasteiger partial charge in [0.05, 0.1) is 34.1 Å². The van der Waals surface area contributed by atoms with E-state index in [2.05, 4.69) is 20.7 Å². The Morgan fingerprint density at radius 1 is 0.860 bits per heavy atom. The summed E-state index contributed by atoms with van der Waals surface area (Å²) in [5, 5.41) is 10.9. The molecule has 3 fully saturated rings. The molecule has 4 amide bonds. The number of anilines is 1. The first-order valence-electron chi connectivity index (χ1n) is 14.2. The number of hydrogen-bond donors (Lipinski definition) is 1. The van der Waals surface area contributed by atoms with Crippen LogP contribution in [0.3, 0.4) is 0 Å². The third kappa shape index (κ3) is 5.34. The fraction of sp³-hybridized carbons (Fsp3) is 0.400. The average Bonchev–Trinajstić information content (AvgIpc) is 3.34. The van der Waals surface area contributed by atoms with Crippen LogP contribution in [0.15, 0.2) is 48.0 Å². The fourth-order valence-electron chi connectivity index (χ4n) is 7.38. The Hall–Kier alpha value is -3.51. The Morgan fingerprint density at radius 3 is 2.00 bits per heavy atom. The zero-order valence-corrected chi connectivity index (χ0v) is 27.5. The maximum absolute atomic E-state index is 14.1. The number of nitrogens with zero attached hydrogens (tertiary/aromatic N) is 2. The predicted octanol–water partition coefficient (Wildman–Crippen LogP) is 7.24. The van der Waals surface area contributed by atoms with Gasteiger partial charge in [-0.05, 0) is 55.2 Å². The van der Waals surface area contributed by atoms with E-state index in [1.807, 2.05) is 0 Å². The molecule has 2 aromatic rings. The van der Waals surface area contributed by atoms with Crippen molar-refractivity contribution >= 4 is 68.4 Å². The number of phenolic OH excluding ortho intramolecular Hbond substituents is 1. The number of ether oxygens (including phenoxy) is 1. The van der Waals surface area contributed by atoms with Crippen molar-refractivity contribution in [2.24, 2.45) is 17.8 Å². The molecule has 1 saturated carbocycles. The van der Waals surface area contributed by atoms with Crippen LogP contribution in [0.25, 0.3) is 0 Å². The largest absolute Gasteiger partial charge is 0.573 e. The van der Waals surface area contributed by atoms with Gasteiger partial charge in [0, 0.05) is 11.5 Å². The minimum Gasteiger partial charge on any atom is -0.508 e. The molecule has 2 heterocycles. The predicted molar refractivity (Wildman–Crippen MR) is 157 cm³/mol. The third-order valence-electron chi connectivity index (χ3n) is 9.39. The highest BCUT2D eigenvalue weighted by Crippen LogP contribution is 2.66. The molecule has 2 aliphatic carbocycles. The number of halogens is 12. The number of alkyl halides is 12. The summed E-state index contributed by atoms with van der Waals surface area (Å²) in [6.45, 7) is 0. The summed E-state index contributed by atoms with van der Waals surface area (Å²) < 4.78 is 126. The number of aromatic hydroxyl groups is 1.